The highest BCUT2D eigenvalue weighted by atomic mass is 16.4. The maximum Gasteiger partial charge on any atom is 0.289 e. The summed E-state index contributed by atoms with van der Waals surface area (Å²) in [5.74, 6) is 0.981. The zero-order valence-electron chi connectivity index (χ0n) is 12.8. The average molecular weight is 288 g/mol. The second-order valence-electron chi connectivity index (χ2n) is 5.19. The summed E-state index contributed by atoms with van der Waals surface area (Å²) in [5, 5.41) is 0. The van der Waals surface area contributed by atoms with Gasteiger partial charge in [0.15, 0.2) is 5.76 Å². The lowest BCUT2D eigenvalue weighted by atomic mass is 10.2. The molecule has 1 atom stereocenters. The summed E-state index contributed by atoms with van der Waals surface area (Å²) in [6.45, 7) is 2.67. The minimum atomic E-state index is -0.132. The van der Waals surface area contributed by atoms with Crippen LogP contribution in [0.5, 0.6) is 0 Å². The topological polar surface area (TPSA) is 62.5 Å². The van der Waals surface area contributed by atoms with Gasteiger partial charge in [-0.3, -0.25) is 9.69 Å². The fraction of sp³-hybridized carbons (Fsp3) is 0.400. The molecule has 2 heterocycles. The molecule has 0 saturated carbocycles. The number of furan rings is 1. The maximum atomic E-state index is 11.8. The molecular weight excluding hydrogens is 268 g/mol. The van der Waals surface area contributed by atoms with E-state index in [1.54, 1.807) is 32.7 Å². The van der Waals surface area contributed by atoms with Crippen molar-refractivity contribution in [2.24, 2.45) is 0 Å². The fourth-order valence-corrected chi connectivity index (χ4v) is 1.95. The first-order chi connectivity index (χ1) is 9.99. The molecule has 2 aromatic heterocycles. The highest BCUT2D eigenvalue weighted by Gasteiger charge is 2.17. The summed E-state index contributed by atoms with van der Waals surface area (Å²) in [5.41, 5.74) is 0.948. The predicted octanol–water partition coefficient (Wildman–Crippen LogP) is 1.96. The van der Waals surface area contributed by atoms with Crippen LogP contribution in [0.3, 0.4) is 0 Å². The van der Waals surface area contributed by atoms with Crippen molar-refractivity contribution in [1.29, 1.82) is 0 Å². The van der Waals surface area contributed by atoms with Crippen molar-refractivity contribution in [1.82, 2.24) is 19.8 Å². The quantitative estimate of drug-likeness (QED) is 0.841. The van der Waals surface area contributed by atoms with Crippen molar-refractivity contribution in [3.63, 3.8) is 0 Å². The zero-order valence-corrected chi connectivity index (χ0v) is 12.8. The third-order valence-electron chi connectivity index (χ3n) is 3.38. The van der Waals surface area contributed by atoms with Gasteiger partial charge in [-0.1, -0.05) is 0 Å². The number of carbonyl (C=O) groups is 1. The Bertz CT molecular complexity index is 595. The van der Waals surface area contributed by atoms with E-state index in [0.29, 0.717) is 12.3 Å². The molecule has 1 amide bonds. The van der Waals surface area contributed by atoms with E-state index in [-0.39, 0.29) is 11.9 Å². The van der Waals surface area contributed by atoms with Crippen molar-refractivity contribution in [2.75, 3.05) is 21.1 Å². The summed E-state index contributed by atoms with van der Waals surface area (Å²) >= 11 is 0. The van der Waals surface area contributed by atoms with E-state index in [2.05, 4.69) is 21.8 Å². The van der Waals surface area contributed by atoms with Crippen molar-refractivity contribution in [3.8, 4) is 0 Å². The van der Waals surface area contributed by atoms with E-state index >= 15 is 0 Å². The molecule has 0 spiro atoms. The highest BCUT2D eigenvalue weighted by molar-refractivity contribution is 5.91. The van der Waals surface area contributed by atoms with Crippen LogP contribution in [0.15, 0.2) is 35.1 Å². The zero-order chi connectivity index (χ0) is 15.4. The van der Waals surface area contributed by atoms with E-state index in [1.165, 1.54) is 4.90 Å². The van der Waals surface area contributed by atoms with Gasteiger partial charge >= 0.3 is 0 Å². The number of rotatable bonds is 5. The molecule has 2 aromatic rings. The molecule has 0 unspecified atom stereocenters. The Kier molecular flexibility index (Phi) is 4.70. The minimum Gasteiger partial charge on any atom is -0.455 e. The fourth-order valence-electron chi connectivity index (χ4n) is 1.95. The third-order valence-corrected chi connectivity index (χ3v) is 3.38. The lowest BCUT2D eigenvalue weighted by molar-refractivity contribution is 0.0792. The summed E-state index contributed by atoms with van der Waals surface area (Å²) in [4.78, 5) is 23.6. The number of hydrogen-bond acceptors (Lipinski definition) is 5. The van der Waals surface area contributed by atoms with Gasteiger partial charge in [0.05, 0.1) is 12.2 Å². The second kappa shape index (κ2) is 6.49. The SMILES string of the molecule is C[C@@H](c1ccncn1)N(C)Cc1ccc(C(=O)N(C)C)o1. The molecule has 0 aliphatic heterocycles. The molecule has 0 aliphatic carbocycles. The standard InChI is InChI=1S/C15H20N4O2/c1-11(13-7-8-16-10-17-13)19(4)9-12-5-6-14(21-12)15(20)18(2)3/h5-8,10-11H,9H2,1-4H3/t11-/m0/s1. The highest BCUT2D eigenvalue weighted by Crippen LogP contribution is 2.19. The number of amides is 1. The normalized spacial score (nSPS) is 12.4. The van der Waals surface area contributed by atoms with Gasteiger partial charge < -0.3 is 9.32 Å². The molecule has 0 aromatic carbocycles. The Labute approximate surface area is 124 Å². The largest absolute Gasteiger partial charge is 0.455 e. The molecule has 0 saturated heterocycles. The first-order valence-corrected chi connectivity index (χ1v) is 6.75. The van der Waals surface area contributed by atoms with Gasteiger partial charge in [-0.2, -0.15) is 0 Å². The molecule has 0 N–H and O–H groups in total. The Morgan fingerprint density at radius 3 is 2.67 bits per heavy atom. The van der Waals surface area contributed by atoms with E-state index in [0.717, 1.165) is 11.5 Å². The molecule has 2 rings (SSSR count). The molecular formula is C15H20N4O2. The van der Waals surface area contributed by atoms with Crippen LogP contribution in [-0.4, -0.2) is 46.8 Å². The van der Waals surface area contributed by atoms with Crippen molar-refractivity contribution >= 4 is 5.91 Å². The second-order valence-corrected chi connectivity index (χ2v) is 5.19. The van der Waals surface area contributed by atoms with Crippen LogP contribution >= 0.6 is 0 Å². The van der Waals surface area contributed by atoms with Gasteiger partial charge in [0.25, 0.3) is 5.91 Å². The summed E-state index contributed by atoms with van der Waals surface area (Å²) in [7, 11) is 5.39. The Morgan fingerprint density at radius 1 is 1.29 bits per heavy atom. The van der Waals surface area contributed by atoms with Crippen LogP contribution in [0.1, 0.15) is 35.0 Å². The first-order valence-electron chi connectivity index (χ1n) is 6.75. The summed E-state index contributed by atoms with van der Waals surface area (Å²) in [6.07, 6.45) is 3.27. The molecule has 0 bridgehead atoms. The summed E-state index contributed by atoms with van der Waals surface area (Å²) in [6, 6.07) is 5.57. The van der Waals surface area contributed by atoms with E-state index in [4.69, 9.17) is 4.42 Å². The predicted molar refractivity (Wildman–Crippen MR) is 78.6 cm³/mol. The van der Waals surface area contributed by atoms with Crippen LogP contribution < -0.4 is 0 Å². The van der Waals surface area contributed by atoms with E-state index in [9.17, 15) is 4.79 Å². The van der Waals surface area contributed by atoms with Crippen molar-refractivity contribution < 1.29 is 9.21 Å². The van der Waals surface area contributed by atoms with Crippen LogP contribution in [0.25, 0.3) is 0 Å². The van der Waals surface area contributed by atoms with Crippen molar-refractivity contribution in [3.05, 3.63) is 47.9 Å². The number of aromatic nitrogens is 2. The van der Waals surface area contributed by atoms with Gasteiger partial charge in [-0.05, 0) is 32.2 Å². The van der Waals surface area contributed by atoms with Crippen LogP contribution in [0.4, 0.5) is 0 Å². The number of hydrogen-bond donors (Lipinski definition) is 0. The van der Waals surface area contributed by atoms with Gasteiger partial charge in [0.1, 0.15) is 12.1 Å². The van der Waals surface area contributed by atoms with Crippen LogP contribution in [0.2, 0.25) is 0 Å². The molecule has 0 radical (unpaired) electrons. The Balaban J connectivity index is 2.03. The van der Waals surface area contributed by atoms with E-state index < -0.39 is 0 Å². The molecule has 6 nitrogen and oxygen atoms in total. The monoisotopic (exact) mass is 288 g/mol. The summed E-state index contributed by atoms with van der Waals surface area (Å²) < 4.78 is 5.60. The van der Waals surface area contributed by atoms with E-state index in [1.807, 2.05) is 19.2 Å². The van der Waals surface area contributed by atoms with Gasteiger partial charge in [-0.15, -0.1) is 0 Å². The molecule has 0 fully saturated rings. The first kappa shape index (κ1) is 15.2. The minimum absolute atomic E-state index is 0.131. The van der Waals surface area contributed by atoms with Crippen molar-refractivity contribution in [2.45, 2.75) is 19.5 Å². The number of nitrogens with zero attached hydrogens (tertiary/aromatic N) is 4. The Hall–Kier alpha value is -2.21. The molecule has 21 heavy (non-hydrogen) atoms. The van der Waals surface area contributed by atoms with Gasteiger partial charge in [-0.25, -0.2) is 9.97 Å². The molecule has 0 aliphatic rings. The lowest BCUT2D eigenvalue weighted by Crippen LogP contribution is -2.23. The Morgan fingerprint density at radius 2 is 2.05 bits per heavy atom. The third kappa shape index (κ3) is 3.66. The van der Waals surface area contributed by atoms with Gasteiger partial charge in [0, 0.05) is 26.3 Å². The lowest BCUT2D eigenvalue weighted by Gasteiger charge is -2.22. The molecule has 112 valence electrons. The van der Waals surface area contributed by atoms with Crippen LogP contribution in [0, 0.1) is 0 Å². The number of carbonyl (C=O) groups excluding carboxylic acids is 1. The molecule has 6 heteroatoms. The average Bonchev–Trinajstić information content (AvgIpc) is 2.94. The smallest absolute Gasteiger partial charge is 0.289 e. The maximum absolute atomic E-state index is 11.8. The van der Waals surface area contributed by atoms with Crippen LogP contribution in [-0.2, 0) is 6.54 Å². The van der Waals surface area contributed by atoms with Gasteiger partial charge in [0.2, 0.25) is 0 Å².